The lowest BCUT2D eigenvalue weighted by molar-refractivity contribution is -0.156. The summed E-state index contributed by atoms with van der Waals surface area (Å²) in [6.45, 7) is 0. The number of allylic oxidation sites excluding steroid dienone is 1. The highest BCUT2D eigenvalue weighted by molar-refractivity contribution is 7.92. The molecule has 1 atom stereocenters. The molecule has 2 aromatic rings. The number of sulfone groups is 1. The predicted octanol–water partition coefficient (Wildman–Crippen LogP) is 5.20. The number of rotatable bonds is 7. The molecule has 3 rings (SSSR count). The first-order valence-corrected chi connectivity index (χ1v) is 12.5. The quantitative estimate of drug-likeness (QED) is 0.377. The van der Waals surface area contributed by atoms with Crippen molar-refractivity contribution >= 4 is 39.2 Å². The Kier molecular flexibility index (Phi) is 7.89. The van der Waals surface area contributed by atoms with Crippen molar-refractivity contribution in [2.75, 3.05) is 11.5 Å². The second-order valence-electron chi connectivity index (χ2n) is 8.21. The molecule has 2 aromatic carbocycles. The molecule has 0 aliphatic carbocycles. The summed E-state index contributed by atoms with van der Waals surface area (Å²) in [5.74, 6) is -4.40. The SMILES string of the molecule is O=C(/C=C/c1ccc(C(=O)NC2CS(=O)(=O)C2)c(Cl)c1)CC(c1cccc(C(F)(F)F)c1)C(F)(F)F. The average Bonchev–Trinajstić information content (AvgIpc) is 2.73. The van der Waals surface area contributed by atoms with E-state index < -0.39 is 63.4 Å². The standard InChI is InChI=1S/C23H18ClF6NO4S/c24-20-8-13(5-7-18(20)21(33)31-16-11-36(34,35)12-16)4-6-17(32)10-19(23(28,29)30)14-2-1-3-15(9-14)22(25,26)27/h1-9,16,19H,10-12H2,(H,31,33)/b6-4+. The van der Waals surface area contributed by atoms with Gasteiger partial charge in [-0.05, 0) is 35.4 Å². The lowest BCUT2D eigenvalue weighted by Crippen LogP contribution is -2.52. The summed E-state index contributed by atoms with van der Waals surface area (Å²) in [4.78, 5) is 24.5. The predicted molar refractivity (Wildman–Crippen MR) is 120 cm³/mol. The van der Waals surface area contributed by atoms with Crippen molar-refractivity contribution in [2.45, 2.75) is 30.7 Å². The van der Waals surface area contributed by atoms with Gasteiger partial charge in [0, 0.05) is 6.42 Å². The van der Waals surface area contributed by atoms with Crippen molar-refractivity contribution in [3.05, 3.63) is 75.8 Å². The maximum Gasteiger partial charge on any atom is 0.416 e. The largest absolute Gasteiger partial charge is 0.416 e. The molecule has 1 unspecified atom stereocenters. The van der Waals surface area contributed by atoms with Crippen LogP contribution in [0.1, 0.15) is 39.4 Å². The van der Waals surface area contributed by atoms with E-state index in [1.54, 1.807) is 0 Å². The number of ketones is 1. The number of alkyl halides is 6. The van der Waals surface area contributed by atoms with Crippen molar-refractivity contribution in [3.8, 4) is 0 Å². The molecule has 1 amide bonds. The van der Waals surface area contributed by atoms with E-state index in [1.165, 1.54) is 18.2 Å². The Labute approximate surface area is 207 Å². The molecule has 5 nitrogen and oxygen atoms in total. The molecule has 0 bridgehead atoms. The fourth-order valence-corrected chi connectivity index (χ4v) is 5.11. The summed E-state index contributed by atoms with van der Waals surface area (Å²) in [5, 5.41) is 2.47. The monoisotopic (exact) mass is 553 g/mol. The van der Waals surface area contributed by atoms with Crippen molar-refractivity contribution in [1.29, 1.82) is 0 Å². The molecular formula is C23H18ClF6NO4S. The zero-order valence-corrected chi connectivity index (χ0v) is 19.7. The van der Waals surface area contributed by atoms with Crippen molar-refractivity contribution in [1.82, 2.24) is 5.32 Å². The van der Waals surface area contributed by atoms with Gasteiger partial charge in [-0.25, -0.2) is 8.42 Å². The van der Waals surface area contributed by atoms with Gasteiger partial charge in [0.15, 0.2) is 15.6 Å². The Hall–Kier alpha value is -2.86. The highest BCUT2D eigenvalue weighted by Crippen LogP contribution is 2.40. The fraction of sp³-hybridized carbons (Fsp3) is 0.304. The number of benzene rings is 2. The number of hydrogen-bond acceptors (Lipinski definition) is 4. The number of hydrogen-bond donors (Lipinski definition) is 1. The van der Waals surface area contributed by atoms with Gasteiger partial charge in [0.1, 0.15) is 0 Å². The highest BCUT2D eigenvalue weighted by Gasteiger charge is 2.42. The molecule has 1 saturated heterocycles. The second-order valence-corrected chi connectivity index (χ2v) is 10.8. The van der Waals surface area contributed by atoms with Gasteiger partial charge in [-0.2, -0.15) is 26.3 Å². The first-order valence-electron chi connectivity index (χ1n) is 10.3. The van der Waals surface area contributed by atoms with Crippen LogP contribution in [0.3, 0.4) is 0 Å². The molecule has 13 heteroatoms. The fourth-order valence-electron chi connectivity index (χ4n) is 3.54. The first kappa shape index (κ1) is 27.7. The third-order valence-corrected chi connectivity index (χ3v) is 7.49. The number of carbonyl (C=O) groups excluding carboxylic acids is 2. The van der Waals surface area contributed by atoms with Crippen LogP contribution >= 0.6 is 11.6 Å². The van der Waals surface area contributed by atoms with Gasteiger partial charge in [-0.15, -0.1) is 0 Å². The summed E-state index contributed by atoms with van der Waals surface area (Å²) in [7, 11) is -3.14. The molecular weight excluding hydrogens is 536 g/mol. The lowest BCUT2D eigenvalue weighted by Gasteiger charge is -2.26. The van der Waals surface area contributed by atoms with Gasteiger partial charge in [0.25, 0.3) is 5.91 Å². The van der Waals surface area contributed by atoms with Gasteiger partial charge in [0.05, 0.1) is 39.6 Å². The molecule has 36 heavy (non-hydrogen) atoms. The van der Waals surface area contributed by atoms with Gasteiger partial charge in [0.2, 0.25) is 0 Å². The molecule has 0 spiro atoms. The van der Waals surface area contributed by atoms with Crippen molar-refractivity contribution < 1.29 is 44.3 Å². The number of nitrogens with one attached hydrogen (secondary N) is 1. The number of amides is 1. The van der Waals surface area contributed by atoms with E-state index >= 15 is 0 Å². The van der Waals surface area contributed by atoms with Crippen LogP contribution in [0.5, 0.6) is 0 Å². The van der Waals surface area contributed by atoms with Gasteiger partial charge in [-0.1, -0.05) is 41.9 Å². The second kappa shape index (κ2) is 10.3. The average molecular weight is 554 g/mol. The molecule has 0 radical (unpaired) electrons. The topological polar surface area (TPSA) is 80.3 Å². The van der Waals surface area contributed by atoms with Gasteiger partial charge in [-0.3, -0.25) is 9.59 Å². The maximum absolute atomic E-state index is 13.5. The third kappa shape index (κ3) is 7.10. The molecule has 1 aliphatic heterocycles. The summed E-state index contributed by atoms with van der Waals surface area (Å²) in [6, 6.07) is 6.17. The van der Waals surface area contributed by atoms with E-state index in [0.29, 0.717) is 12.1 Å². The van der Waals surface area contributed by atoms with E-state index in [4.69, 9.17) is 11.6 Å². The molecule has 1 fully saturated rings. The van der Waals surface area contributed by atoms with Crippen LogP contribution < -0.4 is 5.32 Å². The molecule has 1 aliphatic rings. The van der Waals surface area contributed by atoms with E-state index in [1.807, 2.05) is 0 Å². The van der Waals surface area contributed by atoms with E-state index in [2.05, 4.69) is 5.32 Å². The molecule has 0 aromatic heterocycles. The van der Waals surface area contributed by atoms with E-state index in [9.17, 15) is 44.3 Å². The van der Waals surface area contributed by atoms with Crippen LogP contribution in [0.2, 0.25) is 5.02 Å². The minimum atomic E-state index is -4.97. The van der Waals surface area contributed by atoms with Crippen LogP contribution in [0.25, 0.3) is 6.08 Å². The third-order valence-electron chi connectivity index (χ3n) is 5.36. The number of halogens is 7. The van der Waals surface area contributed by atoms with E-state index in [0.717, 1.165) is 24.3 Å². The van der Waals surface area contributed by atoms with Crippen LogP contribution in [0.4, 0.5) is 26.3 Å². The van der Waals surface area contributed by atoms with Gasteiger partial charge >= 0.3 is 12.4 Å². The smallest absolute Gasteiger partial charge is 0.347 e. The Balaban J connectivity index is 1.70. The summed E-state index contributed by atoms with van der Waals surface area (Å²) in [5.41, 5.74) is -1.63. The Morgan fingerprint density at radius 2 is 1.72 bits per heavy atom. The normalized spacial score (nSPS) is 17.0. The first-order chi connectivity index (χ1) is 16.5. The number of carbonyl (C=O) groups is 2. The van der Waals surface area contributed by atoms with Crippen molar-refractivity contribution in [3.63, 3.8) is 0 Å². The zero-order valence-electron chi connectivity index (χ0n) is 18.2. The maximum atomic E-state index is 13.5. The summed E-state index contributed by atoms with van der Waals surface area (Å²) < 4.78 is 102. The minimum Gasteiger partial charge on any atom is -0.347 e. The van der Waals surface area contributed by atoms with E-state index in [-0.39, 0.29) is 27.7 Å². The lowest BCUT2D eigenvalue weighted by atomic mass is 9.91. The van der Waals surface area contributed by atoms with Crippen LogP contribution in [-0.2, 0) is 20.8 Å². The van der Waals surface area contributed by atoms with Crippen LogP contribution in [0.15, 0.2) is 48.5 Å². The zero-order chi connectivity index (χ0) is 26.9. The molecule has 1 N–H and O–H groups in total. The Bertz CT molecular complexity index is 1290. The van der Waals surface area contributed by atoms with Crippen LogP contribution in [0, 0.1) is 0 Å². The van der Waals surface area contributed by atoms with Crippen molar-refractivity contribution in [2.24, 2.45) is 0 Å². The summed E-state index contributed by atoms with van der Waals surface area (Å²) >= 11 is 6.08. The molecule has 1 heterocycles. The summed E-state index contributed by atoms with van der Waals surface area (Å²) in [6.07, 6.45) is -8.91. The molecule has 0 saturated carbocycles. The van der Waals surface area contributed by atoms with Crippen LogP contribution in [-0.4, -0.2) is 43.8 Å². The Morgan fingerprint density at radius 1 is 1.06 bits per heavy atom. The molecule has 194 valence electrons. The Morgan fingerprint density at radius 3 is 2.28 bits per heavy atom. The minimum absolute atomic E-state index is 0.0334. The van der Waals surface area contributed by atoms with Gasteiger partial charge < -0.3 is 5.32 Å². The highest BCUT2D eigenvalue weighted by atomic mass is 35.5.